The maximum Gasteiger partial charge on any atom is 0.256 e. The van der Waals surface area contributed by atoms with E-state index in [1.807, 2.05) is 13.0 Å². The first-order valence-corrected chi connectivity index (χ1v) is 13.7. The van der Waals surface area contributed by atoms with Crippen molar-refractivity contribution >= 4 is 22.9 Å². The van der Waals surface area contributed by atoms with Gasteiger partial charge in [-0.2, -0.15) is 4.98 Å². The third-order valence-electron chi connectivity index (χ3n) is 7.82. The SMILES string of the molecule is Cc1nc(N2CCc3ccccc3C2)nc2c1ccc(=O)n2-c1ccc(C(=O)NCC[N+]2([O-])CCOCC2)cc1. The number of hydroxylamine groups is 3. The van der Waals surface area contributed by atoms with Crippen LogP contribution in [0.1, 0.15) is 27.2 Å². The number of benzene rings is 2. The van der Waals surface area contributed by atoms with Gasteiger partial charge in [0.15, 0.2) is 5.65 Å². The molecule has 2 aliphatic rings. The van der Waals surface area contributed by atoms with Crippen LogP contribution in [0.15, 0.2) is 65.5 Å². The molecular weight excluding hydrogens is 508 g/mol. The van der Waals surface area contributed by atoms with Gasteiger partial charge >= 0.3 is 0 Å². The van der Waals surface area contributed by atoms with Crippen molar-refractivity contribution in [3.63, 3.8) is 0 Å². The van der Waals surface area contributed by atoms with Gasteiger partial charge in [0, 0.05) is 30.1 Å². The number of aromatic nitrogens is 3. The van der Waals surface area contributed by atoms with Gasteiger partial charge in [-0.05, 0) is 54.8 Å². The van der Waals surface area contributed by atoms with Crippen LogP contribution < -0.4 is 15.8 Å². The van der Waals surface area contributed by atoms with Crippen LogP contribution in [0.2, 0.25) is 0 Å². The summed E-state index contributed by atoms with van der Waals surface area (Å²) in [7, 11) is 0. The molecule has 2 aromatic carbocycles. The van der Waals surface area contributed by atoms with Crippen LogP contribution in [-0.4, -0.2) is 71.0 Å². The number of hydrogen-bond donors (Lipinski definition) is 1. The number of amides is 1. The van der Waals surface area contributed by atoms with Crippen molar-refractivity contribution in [3.8, 4) is 5.69 Å². The summed E-state index contributed by atoms with van der Waals surface area (Å²) in [4.78, 5) is 37.6. The van der Waals surface area contributed by atoms with E-state index in [0.29, 0.717) is 62.2 Å². The standard InChI is InChI=1S/C30H32N6O4/c1-21-26-10-11-27(37)35(28(26)33-30(32-21)34-14-12-22-4-2-3-5-24(22)20-34)25-8-6-23(7-9-25)29(38)31-13-15-36(39)16-18-40-19-17-36/h2-11H,12-20H2,1H3,(H,31,38). The van der Waals surface area contributed by atoms with E-state index in [4.69, 9.17) is 14.7 Å². The van der Waals surface area contributed by atoms with Gasteiger partial charge in [0.25, 0.3) is 11.5 Å². The van der Waals surface area contributed by atoms with Crippen molar-refractivity contribution in [3.05, 3.63) is 98.6 Å². The third kappa shape index (κ3) is 5.21. The number of ether oxygens (including phenoxy) is 1. The van der Waals surface area contributed by atoms with Gasteiger partial charge in [0.1, 0.15) is 13.1 Å². The van der Waals surface area contributed by atoms with Crippen LogP contribution in [0.5, 0.6) is 0 Å². The van der Waals surface area contributed by atoms with Crippen molar-refractivity contribution in [2.75, 3.05) is 50.8 Å². The largest absolute Gasteiger partial charge is 0.633 e. The molecule has 0 atom stereocenters. The highest BCUT2D eigenvalue weighted by molar-refractivity contribution is 5.94. The number of fused-ring (bicyclic) bond motifs is 2. The predicted molar refractivity (Wildman–Crippen MR) is 152 cm³/mol. The van der Waals surface area contributed by atoms with E-state index < -0.39 is 0 Å². The van der Waals surface area contributed by atoms with Crippen molar-refractivity contribution < 1.29 is 14.2 Å². The Morgan fingerprint density at radius 2 is 1.77 bits per heavy atom. The Hall–Kier alpha value is -4.12. The second kappa shape index (κ2) is 10.8. The molecule has 1 N–H and O–H groups in total. The Kier molecular flexibility index (Phi) is 7.05. The van der Waals surface area contributed by atoms with Crippen LogP contribution >= 0.6 is 0 Å². The number of anilines is 1. The highest BCUT2D eigenvalue weighted by Gasteiger charge is 2.22. The van der Waals surface area contributed by atoms with E-state index in [0.717, 1.165) is 24.0 Å². The lowest BCUT2D eigenvalue weighted by Gasteiger charge is -2.45. The van der Waals surface area contributed by atoms with E-state index in [9.17, 15) is 14.8 Å². The lowest BCUT2D eigenvalue weighted by Crippen LogP contribution is -2.53. The summed E-state index contributed by atoms with van der Waals surface area (Å²) in [6, 6.07) is 18.5. The number of nitrogens with one attached hydrogen (secondary N) is 1. The molecule has 0 saturated carbocycles. The summed E-state index contributed by atoms with van der Waals surface area (Å²) < 4.78 is 6.48. The highest BCUT2D eigenvalue weighted by Crippen LogP contribution is 2.25. The van der Waals surface area contributed by atoms with Gasteiger partial charge in [-0.3, -0.25) is 14.2 Å². The summed E-state index contributed by atoms with van der Waals surface area (Å²) in [5.41, 5.74) is 4.77. The monoisotopic (exact) mass is 540 g/mol. The second-order valence-corrected chi connectivity index (χ2v) is 10.4. The quantitative estimate of drug-likeness (QED) is 0.296. The van der Waals surface area contributed by atoms with Crippen LogP contribution in [0.4, 0.5) is 5.95 Å². The molecule has 0 unspecified atom stereocenters. The van der Waals surface area contributed by atoms with Gasteiger partial charge < -0.3 is 24.8 Å². The van der Waals surface area contributed by atoms with Gasteiger partial charge in [0.2, 0.25) is 5.95 Å². The van der Waals surface area contributed by atoms with Gasteiger partial charge in [-0.25, -0.2) is 4.98 Å². The molecule has 2 aliphatic heterocycles. The zero-order chi connectivity index (χ0) is 27.7. The minimum absolute atomic E-state index is 0.215. The molecule has 4 aromatic rings. The number of rotatable bonds is 6. The highest BCUT2D eigenvalue weighted by atomic mass is 16.6. The number of nitrogens with zero attached hydrogens (tertiary/aromatic N) is 5. The van der Waals surface area contributed by atoms with E-state index in [1.54, 1.807) is 34.9 Å². The smallest absolute Gasteiger partial charge is 0.256 e. The molecule has 0 spiro atoms. The number of carbonyl (C=O) groups is 1. The van der Waals surface area contributed by atoms with Crippen molar-refractivity contribution in [2.45, 2.75) is 19.9 Å². The molecule has 1 saturated heterocycles. The molecule has 4 heterocycles. The van der Waals surface area contributed by atoms with Crippen LogP contribution in [-0.2, 0) is 17.7 Å². The van der Waals surface area contributed by atoms with Crippen LogP contribution in [0.3, 0.4) is 0 Å². The normalized spacial score (nSPS) is 16.5. The summed E-state index contributed by atoms with van der Waals surface area (Å²) >= 11 is 0. The van der Waals surface area contributed by atoms with Crippen molar-refractivity contribution in [1.29, 1.82) is 0 Å². The Balaban J connectivity index is 1.24. The number of pyridine rings is 1. The molecule has 1 amide bonds. The zero-order valence-corrected chi connectivity index (χ0v) is 22.5. The van der Waals surface area contributed by atoms with E-state index in [-0.39, 0.29) is 22.7 Å². The minimum atomic E-state index is -0.351. The fourth-order valence-electron chi connectivity index (χ4n) is 5.44. The lowest BCUT2D eigenvalue weighted by molar-refractivity contribution is -0.887. The van der Waals surface area contributed by atoms with E-state index in [1.165, 1.54) is 17.2 Å². The zero-order valence-electron chi connectivity index (χ0n) is 22.5. The molecule has 6 rings (SSSR count). The molecular formula is C30H32N6O4. The third-order valence-corrected chi connectivity index (χ3v) is 7.82. The van der Waals surface area contributed by atoms with Gasteiger partial charge in [0.05, 0.1) is 37.7 Å². The maximum atomic E-state index is 13.1. The molecule has 0 bridgehead atoms. The second-order valence-electron chi connectivity index (χ2n) is 10.4. The molecule has 10 heteroatoms. The maximum absolute atomic E-state index is 13.1. The van der Waals surface area contributed by atoms with Crippen molar-refractivity contribution in [2.24, 2.45) is 0 Å². The topological polar surface area (TPSA) is 112 Å². The first kappa shape index (κ1) is 26.1. The number of hydrogen-bond acceptors (Lipinski definition) is 7. The Labute approximate surface area is 232 Å². The summed E-state index contributed by atoms with van der Waals surface area (Å²) in [5.74, 6) is 0.330. The average Bonchev–Trinajstić information content (AvgIpc) is 2.97. The van der Waals surface area contributed by atoms with E-state index in [2.05, 4.69) is 28.4 Å². The number of carbonyl (C=O) groups excluding carboxylic acids is 1. The summed E-state index contributed by atoms with van der Waals surface area (Å²) in [5, 5.41) is 16.3. The van der Waals surface area contributed by atoms with Crippen molar-refractivity contribution in [1.82, 2.24) is 19.9 Å². The summed E-state index contributed by atoms with van der Waals surface area (Å²) in [6.07, 6.45) is 0.908. The average molecular weight is 541 g/mol. The molecule has 10 nitrogen and oxygen atoms in total. The van der Waals surface area contributed by atoms with E-state index >= 15 is 0 Å². The number of quaternary nitrogens is 1. The molecule has 1 fully saturated rings. The summed E-state index contributed by atoms with van der Waals surface area (Å²) in [6.45, 7) is 5.73. The lowest BCUT2D eigenvalue weighted by atomic mass is 10.0. The predicted octanol–water partition coefficient (Wildman–Crippen LogP) is 2.73. The number of morpholine rings is 1. The van der Waals surface area contributed by atoms with Crippen LogP contribution in [0, 0.1) is 12.1 Å². The molecule has 0 aliphatic carbocycles. The first-order valence-electron chi connectivity index (χ1n) is 13.7. The van der Waals surface area contributed by atoms with Gasteiger partial charge in [-0.1, -0.05) is 24.3 Å². The van der Waals surface area contributed by atoms with Crippen LogP contribution in [0.25, 0.3) is 16.7 Å². The molecule has 40 heavy (non-hydrogen) atoms. The Bertz CT molecular complexity index is 1610. The molecule has 0 radical (unpaired) electrons. The fraction of sp³-hybridized carbons (Fsp3) is 0.333. The fourth-order valence-corrected chi connectivity index (χ4v) is 5.44. The Morgan fingerprint density at radius 1 is 1.02 bits per heavy atom. The minimum Gasteiger partial charge on any atom is -0.633 e. The number of aryl methyl sites for hydroxylation is 1. The molecule has 2 aromatic heterocycles. The Morgan fingerprint density at radius 3 is 2.55 bits per heavy atom. The molecule has 206 valence electrons. The van der Waals surface area contributed by atoms with Gasteiger partial charge in [-0.15, -0.1) is 0 Å². The first-order chi connectivity index (χ1) is 19.4.